The number of methoxy groups -OCH3 is 2. The lowest BCUT2D eigenvalue weighted by atomic mass is 9.89. The van der Waals surface area contributed by atoms with Crippen LogP contribution < -0.4 is 20.1 Å². The molecule has 1 aromatic rings. The molecule has 1 atom stereocenters. The van der Waals surface area contributed by atoms with Crippen LogP contribution in [0.15, 0.2) is 23.2 Å². The summed E-state index contributed by atoms with van der Waals surface area (Å²) < 4.78 is 10.9. The van der Waals surface area contributed by atoms with E-state index < -0.39 is 0 Å². The molecule has 0 spiro atoms. The summed E-state index contributed by atoms with van der Waals surface area (Å²) in [5, 5.41) is 6.87. The van der Waals surface area contributed by atoms with Crippen LogP contribution in [0.3, 0.4) is 0 Å². The van der Waals surface area contributed by atoms with Gasteiger partial charge < -0.3 is 25.0 Å². The Balaban J connectivity index is 0.00000450. The van der Waals surface area contributed by atoms with E-state index in [-0.39, 0.29) is 42.5 Å². The first-order chi connectivity index (χ1) is 13.9. The average Bonchev–Trinajstić information content (AvgIpc) is 2.75. The van der Waals surface area contributed by atoms with Crippen molar-refractivity contribution >= 4 is 35.8 Å². The van der Waals surface area contributed by atoms with E-state index in [0.29, 0.717) is 11.9 Å². The predicted octanol–water partition coefficient (Wildman–Crippen LogP) is 3.59. The minimum atomic E-state index is -0.0767. The van der Waals surface area contributed by atoms with Crippen molar-refractivity contribution in [2.45, 2.75) is 45.1 Å². The molecule has 0 saturated heterocycles. The van der Waals surface area contributed by atoms with Crippen LogP contribution in [0.5, 0.6) is 11.5 Å². The Morgan fingerprint density at radius 3 is 2.50 bits per heavy atom. The maximum Gasteiger partial charge on any atom is 0.243 e. The summed E-state index contributed by atoms with van der Waals surface area (Å²) in [5.41, 5.74) is 0.970. The number of benzene rings is 1. The summed E-state index contributed by atoms with van der Waals surface area (Å²) >= 11 is 0. The fraction of sp³-hybridized carbons (Fsp3) is 0.636. The molecule has 0 aliphatic heterocycles. The summed E-state index contributed by atoms with van der Waals surface area (Å²) in [6.07, 6.45) is 6.41. The number of amides is 1. The first kappa shape index (κ1) is 26.3. The van der Waals surface area contributed by atoms with Gasteiger partial charge in [-0.05, 0) is 43.9 Å². The third kappa shape index (κ3) is 8.20. The topological polar surface area (TPSA) is 75.2 Å². The average molecular weight is 532 g/mol. The van der Waals surface area contributed by atoms with Gasteiger partial charge in [-0.15, -0.1) is 24.0 Å². The lowest BCUT2D eigenvalue weighted by Crippen LogP contribution is -2.42. The molecular weight excluding hydrogens is 495 g/mol. The highest BCUT2D eigenvalue weighted by atomic mass is 127. The Morgan fingerprint density at radius 2 is 1.90 bits per heavy atom. The van der Waals surface area contributed by atoms with Gasteiger partial charge in [0.15, 0.2) is 5.96 Å². The Hall–Kier alpha value is -1.71. The molecule has 2 N–H and O–H groups in total. The SMILES string of the molecule is COc1ccc(OC)c(C(C)NC(=NCC(=O)N(C)C)NCC2CCCCC2)c1.I. The van der Waals surface area contributed by atoms with Gasteiger partial charge in [0, 0.05) is 26.2 Å². The normalized spacial score (nSPS) is 15.6. The third-order valence-corrected chi connectivity index (χ3v) is 5.41. The number of nitrogens with zero attached hydrogens (tertiary/aromatic N) is 2. The highest BCUT2D eigenvalue weighted by Gasteiger charge is 2.17. The van der Waals surface area contributed by atoms with E-state index in [1.54, 1.807) is 33.2 Å². The number of hydrogen-bond donors (Lipinski definition) is 2. The summed E-state index contributed by atoms with van der Waals surface area (Å²) in [7, 11) is 6.79. The number of likely N-dealkylation sites (N-methyl/N-ethyl adjacent to an activating group) is 1. The molecule has 1 aliphatic carbocycles. The minimum absolute atomic E-state index is 0. The van der Waals surface area contributed by atoms with Crippen molar-refractivity contribution < 1.29 is 14.3 Å². The smallest absolute Gasteiger partial charge is 0.243 e. The van der Waals surface area contributed by atoms with Gasteiger partial charge in [-0.2, -0.15) is 0 Å². The van der Waals surface area contributed by atoms with Crippen molar-refractivity contribution in [3.63, 3.8) is 0 Å². The Morgan fingerprint density at radius 1 is 1.20 bits per heavy atom. The van der Waals surface area contributed by atoms with E-state index in [1.807, 2.05) is 25.1 Å². The zero-order valence-electron chi connectivity index (χ0n) is 18.9. The standard InChI is InChI=1S/C22H36N4O3.HI/c1-16(19-13-18(28-4)11-12-20(19)29-5)25-22(24-15-21(27)26(2)3)23-14-17-9-7-6-8-10-17;/h11-13,16-17H,6-10,14-15H2,1-5H3,(H2,23,24,25);1H. The van der Waals surface area contributed by atoms with Gasteiger partial charge in [-0.25, -0.2) is 4.99 Å². The maximum atomic E-state index is 12.0. The zero-order chi connectivity index (χ0) is 21.2. The molecule has 0 aromatic heterocycles. The van der Waals surface area contributed by atoms with Gasteiger partial charge in [0.25, 0.3) is 0 Å². The fourth-order valence-corrected chi connectivity index (χ4v) is 3.53. The van der Waals surface area contributed by atoms with Crippen LogP contribution >= 0.6 is 24.0 Å². The second kappa shape index (κ2) is 13.6. The molecule has 170 valence electrons. The third-order valence-electron chi connectivity index (χ3n) is 5.41. The van der Waals surface area contributed by atoms with Gasteiger partial charge in [-0.3, -0.25) is 4.79 Å². The molecule has 1 aliphatic rings. The molecule has 30 heavy (non-hydrogen) atoms. The largest absolute Gasteiger partial charge is 0.497 e. The van der Waals surface area contributed by atoms with Crippen molar-refractivity contribution in [1.82, 2.24) is 15.5 Å². The number of aliphatic imine (C=N–C) groups is 1. The first-order valence-electron chi connectivity index (χ1n) is 10.4. The highest BCUT2D eigenvalue weighted by molar-refractivity contribution is 14.0. The predicted molar refractivity (Wildman–Crippen MR) is 132 cm³/mol. The molecule has 0 radical (unpaired) electrons. The Kier molecular flexibility index (Phi) is 11.9. The number of halogens is 1. The van der Waals surface area contributed by atoms with Gasteiger partial charge in [-0.1, -0.05) is 19.3 Å². The minimum Gasteiger partial charge on any atom is -0.497 e. The first-order valence-corrected chi connectivity index (χ1v) is 10.4. The number of carbonyl (C=O) groups excluding carboxylic acids is 1. The van der Waals surface area contributed by atoms with Crippen LogP contribution in [0, 0.1) is 5.92 Å². The molecule has 2 rings (SSSR count). The Bertz CT molecular complexity index is 691. The van der Waals surface area contributed by atoms with Crippen molar-refractivity contribution in [2.24, 2.45) is 10.9 Å². The summed E-state index contributed by atoms with van der Waals surface area (Å²) in [6, 6.07) is 5.65. The summed E-state index contributed by atoms with van der Waals surface area (Å²) in [6.45, 7) is 3.02. The number of rotatable bonds is 8. The lowest BCUT2D eigenvalue weighted by Gasteiger charge is -2.25. The number of ether oxygens (including phenoxy) is 2. The van der Waals surface area contributed by atoms with E-state index >= 15 is 0 Å². The monoisotopic (exact) mass is 532 g/mol. The number of nitrogens with one attached hydrogen (secondary N) is 2. The van der Waals surface area contributed by atoms with E-state index in [4.69, 9.17) is 9.47 Å². The van der Waals surface area contributed by atoms with Crippen LogP contribution in [0.1, 0.15) is 50.6 Å². The molecule has 0 bridgehead atoms. The number of guanidine groups is 1. The van der Waals surface area contributed by atoms with E-state index in [2.05, 4.69) is 15.6 Å². The number of carbonyl (C=O) groups is 1. The van der Waals surface area contributed by atoms with Gasteiger partial charge in [0.05, 0.1) is 20.3 Å². The van der Waals surface area contributed by atoms with Crippen LogP contribution in [0.2, 0.25) is 0 Å². The molecule has 8 heteroatoms. The molecule has 7 nitrogen and oxygen atoms in total. The molecule has 1 amide bonds. The van der Waals surface area contributed by atoms with E-state index in [1.165, 1.54) is 32.1 Å². The second-order valence-corrected chi connectivity index (χ2v) is 7.81. The molecular formula is C22H37IN4O3. The molecule has 0 heterocycles. The van der Waals surface area contributed by atoms with Gasteiger partial charge >= 0.3 is 0 Å². The Labute approximate surface area is 198 Å². The van der Waals surface area contributed by atoms with Gasteiger partial charge in [0.1, 0.15) is 18.0 Å². The summed E-state index contributed by atoms with van der Waals surface area (Å²) in [4.78, 5) is 18.1. The molecule has 1 saturated carbocycles. The lowest BCUT2D eigenvalue weighted by molar-refractivity contribution is -0.127. The van der Waals surface area contributed by atoms with Crippen LogP contribution in [0.4, 0.5) is 0 Å². The van der Waals surface area contributed by atoms with Crippen LogP contribution in [-0.4, -0.2) is 58.2 Å². The zero-order valence-corrected chi connectivity index (χ0v) is 21.2. The molecule has 1 fully saturated rings. The highest BCUT2D eigenvalue weighted by Crippen LogP contribution is 2.29. The van der Waals surface area contributed by atoms with Crippen molar-refractivity contribution in [2.75, 3.05) is 41.4 Å². The molecule has 1 aromatic carbocycles. The van der Waals surface area contributed by atoms with Crippen molar-refractivity contribution in [1.29, 1.82) is 0 Å². The van der Waals surface area contributed by atoms with Crippen molar-refractivity contribution in [3.05, 3.63) is 23.8 Å². The molecule has 1 unspecified atom stereocenters. The van der Waals surface area contributed by atoms with Crippen molar-refractivity contribution in [3.8, 4) is 11.5 Å². The maximum absolute atomic E-state index is 12.0. The summed E-state index contributed by atoms with van der Waals surface area (Å²) in [5.74, 6) is 2.81. The second-order valence-electron chi connectivity index (χ2n) is 7.81. The quantitative estimate of drug-likeness (QED) is 0.304. The number of hydrogen-bond acceptors (Lipinski definition) is 4. The van der Waals surface area contributed by atoms with Crippen LogP contribution in [0.25, 0.3) is 0 Å². The van der Waals surface area contributed by atoms with E-state index in [0.717, 1.165) is 23.6 Å². The fourth-order valence-electron chi connectivity index (χ4n) is 3.53. The van der Waals surface area contributed by atoms with Gasteiger partial charge in [0.2, 0.25) is 5.91 Å². The van der Waals surface area contributed by atoms with Crippen LogP contribution in [-0.2, 0) is 4.79 Å². The van der Waals surface area contributed by atoms with E-state index in [9.17, 15) is 4.79 Å².